The van der Waals surface area contributed by atoms with Crippen LogP contribution in [0.3, 0.4) is 0 Å². The van der Waals surface area contributed by atoms with Crippen molar-refractivity contribution in [3.8, 4) is 0 Å². The van der Waals surface area contributed by atoms with Gasteiger partial charge in [-0.1, -0.05) is 37.5 Å². The maximum Gasteiger partial charge on any atom is 0.0684 e. The molecule has 1 saturated carbocycles. The van der Waals surface area contributed by atoms with Crippen molar-refractivity contribution in [3.63, 3.8) is 0 Å². The van der Waals surface area contributed by atoms with E-state index in [1.807, 2.05) is 12.1 Å². The molecule has 2 rings (SSSR count). The first-order chi connectivity index (χ1) is 7.33. The van der Waals surface area contributed by atoms with Crippen molar-refractivity contribution in [2.45, 2.75) is 44.6 Å². The monoisotopic (exact) mass is 203 g/mol. The van der Waals surface area contributed by atoms with Gasteiger partial charge in [0.25, 0.3) is 0 Å². The van der Waals surface area contributed by atoms with Crippen molar-refractivity contribution in [2.24, 2.45) is 0 Å². The predicted octanol–water partition coefficient (Wildman–Crippen LogP) is 3.41. The van der Waals surface area contributed by atoms with Gasteiger partial charge in [0.05, 0.1) is 6.61 Å². The lowest BCUT2D eigenvalue weighted by atomic mass is 9.81. The standard InChI is InChI=1S/C14H19O/c1-11-13(10-15)8-5-9-14(11)12-6-3-2-4-7-12/h5,8-9,12,15H,1-4,6-7,10H2. The van der Waals surface area contributed by atoms with Crippen LogP contribution in [0.1, 0.15) is 54.7 Å². The first kappa shape index (κ1) is 10.7. The van der Waals surface area contributed by atoms with Gasteiger partial charge in [0, 0.05) is 0 Å². The molecule has 1 aromatic carbocycles. The second kappa shape index (κ2) is 4.80. The minimum Gasteiger partial charge on any atom is -0.392 e. The summed E-state index contributed by atoms with van der Waals surface area (Å²) >= 11 is 0. The minimum absolute atomic E-state index is 0.111. The first-order valence-electron chi connectivity index (χ1n) is 5.87. The topological polar surface area (TPSA) is 20.2 Å². The molecule has 0 bridgehead atoms. The lowest BCUT2D eigenvalue weighted by Crippen LogP contribution is -2.07. The summed E-state index contributed by atoms with van der Waals surface area (Å²) in [5.74, 6) is 0.678. The lowest BCUT2D eigenvalue weighted by molar-refractivity contribution is 0.281. The summed E-state index contributed by atoms with van der Waals surface area (Å²) in [6.07, 6.45) is 6.64. The first-order valence-corrected chi connectivity index (χ1v) is 5.87. The molecule has 0 atom stereocenters. The molecule has 1 aliphatic carbocycles. The third-order valence-corrected chi connectivity index (χ3v) is 3.52. The number of rotatable bonds is 2. The Morgan fingerprint density at radius 2 is 1.93 bits per heavy atom. The van der Waals surface area contributed by atoms with Crippen molar-refractivity contribution < 1.29 is 5.11 Å². The summed E-state index contributed by atoms with van der Waals surface area (Å²) < 4.78 is 0. The van der Waals surface area contributed by atoms with E-state index in [2.05, 4.69) is 13.0 Å². The average molecular weight is 203 g/mol. The Hall–Kier alpha value is -0.820. The van der Waals surface area contributed by atoms with E-state index in [4.69, 9.17) is 0 Å². The van der Waals surface area contributed by atoms with Crippen LogP contribution in [0.5, 0.6) is 0 Å². The van der Waals surface area contributed by atoms with E-state index >= 15 is 0 Å². The fraction of sp³-hybridized carbons (Fsp3) is 0.500. The van der Waals surface area contributed by atoms with E-state index in [1.54, 1.807) is 0 Å². The number of aliphatic hydroxyl groups is 1. The summed E-state index contributed by atoms with van der Waals surface area (Å²) in [6.45, 7) is 4.22. The summed E-state index contributed by atoms with van der Waals surface area (Å²) in [6, 6.07) is 6.19. The SMILES string of the molecule is [CH2]c1c(CO)cccc1C1CCCCC1. The van der Waals surface area contributed by atoms with Crippen molar-refractivity contribution in [2.75, 3.05) is 0 Å². The number of hydrogen-bond donors (Lipinski definition) is 1. The van der Waals surface area contributed by atoms with Gasteiger partial charge in [0.1, 0.15) is 0 Å². The van der Waals surface area contributed by atoms with Gasteiger partial charge in [-0.2, -0.15) is 0 Å². The number of aliphatic hydroxyl groups excluding tert-OH is 1. The van der Waals surface area contributed by atoms with Gasteiger partial charge < -0.3 is 5.11 Å². The Morgan fingerprint density at radius 3 is 2.60 bits per heavy atom. The quantitative estimate of drug-likeness (QED) is 0.781. The minimum atomic E-state index is 0.111. The molecule has 1 fully saturated rings. The molecular formula is C14H19O. The molecule has 1 N–H and O–H groups in total. The van der Waals surface area contributed by atoms with Crippen molar-refractivity contribution in [1.82, 2.24) is 0 Å². The van der Waals surface area contributed by atoms with Crippen LogP contribution in [-0.4, -0.2) is 5.11 Å². The van der Waals surface area contributed by atoms with Gasteiger partial charge in [-0.3, -0.25) is 0 Å². The van der Waals surface area contributed by atoms with Crippen LogP contribution in [-0.2, 0) is 6.61 Å². The van der Waals surface area contributed by atoms with Crippen LogP contribution < -0.4 is 0 Å². The highest BCUT2D eigenvalue weighted by molar-refractivity contribution is 5.39. The van der Waals surface area contributed by atoms with E-state index in [0.29, 0.717) is 5.92 Å². The summed E-state index contributed by atoms with van der Waals surface area (Å²) in [7, 11) is 0. The maximum absolute atomic E-state index is 9.20. The largest absolute Gasteiger partial charge is 0.392 e. The van der Waals surface area contributed by atoms with Gasteiger partial charge in [-0.05, 0) is 42.4 Å². The molecular weight excluding hydrogens is 184 g/mol. The molecule has 0 aromatic heterocycles. The zero-order valence-electron chi connectivity index (χ0n) is 9.21. The van der Waals surface area contributed by atoms with Gasteiger partial charge >= 0.3 is 0 Å². The summed E-state index contributed by atoms with van der Waals surface area (Å²) in [4.78, 5) is 0. The van der Waals surface area contributed by atoms with E-state index in [-0.39, 0.29) is 6.61 Å². The van der Waals surface area contributed by atoms with Crippen LogP contribution in [0, 0.1) is 6.92 Å². The molecule has 0 amide bonds. The zero-order valence-corrected chi connectivity index (χ0v) is 9.21. The second-order valence-electron chi connectivity index (χ2n) is 4.48. The molecule has 1 heteroatoms. The lowest BCUT2D eigenvalue weighted by Gasteiger charge is -2.24. The normalized spacial score (nSPS) is 18.0. The van der Waals surface area contributed by atoms with E-state index in [0.717, 1.165) is 11.1 Å². The van der Waals surface area contributed by atoms with Crippen molar-refractivity contribution in [3.05, 3.63) is 41.8 Å². The third kappa shape index (κ3) is 2.23. The maximum atomic E-state index is 9.20. The molecule has 0 unspecified atom stereocenters. The molecule has 81 valence electrons. The van der Waals surface area contributed by atoms with Crippen LogP contribution in [0.25, 0.3) is 0 Å². The molecule has 0 spiro atoms. The second-order valence-corrected chi connectivity index (χ2v) is 4.48. The molecule has 1 aromatic rings. The van der Waals surface area contributed by atoms with Crippen LogP contribution >= 0.6 is 0 Å². The van der Waals surface area contributed by atoms with E-state index < -0.39 is 0 Å². The smallest absolute Gasteiger partial charge is 0.0684 e. The van der Waals surface area contributed by atoms with Crippen LogP contribution in [0.2, 0.25) is 0 Å². The molecule has 15 heavy (non-hydrogen) atoms. The Labute approximate surface area is 92.1 Å². The van der Waals surface area contributed by atoms with Crippen molar-refractivity contribution in [1.29, 1.82) is 0 Å². The predicted molar refractivity (Wildman–Crippen MR) is 62.6 cm³/mol. The molecule has 0 heterocycles. The highest BCUT2D eigenvalue weighted by Gasteiger charge is 2.17. The van der Waals surface area contributed by atoms with Gasteiger partial charge in [-0.25, -0.2) is 0 Å². The van der Waals surface area contributed by atoms with Crippen LogP contribution in [0.4, 0.5) is 0 Å². The fourth-order valence-electron chi connectivity index (χ4n) is 2.60. The van der Waals surface area contributed by atoms with E-state index in [9.17, 15) is 5.11 Å². The Morgan fingerprint density at radius 1 is 1.20 bits per heavy atom. The zero-order chi connectivity index (χ0) is 10.7. The highest BCUT2D eigenvalue weighted by Crippen LogP contribution is 2.34. The van der Waals surface area contributed by atoms with Gasteiger partial charge in [0.2, 0.25) is 0 Å². The summed E-state index contributed by atoms with van der Waals surface area (Å²) in [5.41, 5.74) is 3.41. The molecule has 1 radical (unpaired) electrons. The average Bonchev–Trinajstić information content (AvgIpc) is 2.30. The Bertz CT molecular complexity index is 324. The van der Waals surface area contributed by atoms with E-state index in [1.165, 1.54) is 37.7 Å². The number of benzene rings is 1. The Balaban J connectivity index is 2.26. The Kier molecular flexibility index (Phi) is 3.42. The fourth-order valence-corrected chi connectivity index (χ4v) is 2.60. The third-order valence-electron chi connectivity index (χ3n) is 3.52. The molecule has 1 nitrogen and oxygen atoms in total. The highest BCUT2D eigenvalue weighted by atomic mass is 16.3. The summed E-state index contributed by atoms with van der Waals surface area (Å²) in [5, 5.41) is 9.20. The number of hydrogen-bond acceptors (Lipinski definition) is 1. The van der Waals surface area contributed by atoms with Crippen molar-refractivity contribution >= 4 is 0 Å². The van der Waals surface area contributed by atoms with Gasteiger partial charge in [0.15, 0.2) is 0 Å². The molecule has 1 aliphatic rings. The van der Waals surface area contributed by atoms with Gasteiger partial charge in [-0.15, -0.1) is 0 Å². The molecule has 0 aliphatic heterocycles. The molecule has 0 saturated heterocycles. The van der Waals surface area contributed by atoms with Crippen LogP contribution in [0.15, 0.2) is 18.2 Å².